The summed E-state index contributed by atoms with van der Waals surface area (Å²) in [5.74, 6) is 1.83. The first-order chi connectivity index (χ1) is 14.1. The molecule has 0 aliphatic carbocycles. The molecular weight excluding hydrogens is 366 g/mol. The van der Waals surface area contributed by atoms with Gasteiger partial charge in [-0.15, -0.1) is 0 Å². The number of aromatic nitrogens is 1. The van der Waals surface area contributed by atoms with E-state index < -0.39 is 0 Å². The number of rotatable bonds is 6. The summed E-state index contributed by atoms with van der Waals surface area (Å²) in [4.78, 5) is 20.1. The van der Waals surface area contributed by atoms with Crippen molar-refractivity contribution in [2.24, 2.45) is 0 Å². The third-order valence-corrected chi connectivity index (χ3v) is 5.99. The molecule has 0 spiro atoms. The Labute approximate surface area is 171 Å². The summed E-state index contributed by atoms with van der Waals surface area (Å²) in [7, 11) is 3.35. The van der Waals surface area contributed by atoms with Gasteiger partial charge in [0.1, 0.15) is 17.5 Å². The topological polar surface area (TPSA) is 59.0 Å². The fourth-order valence-electron chi connectivity index (χ4n) is 4.21. The zero-order chi connectivity index (χ0) is 20.4. The maximum atomic E-state index is 13.3. The van der Waals surface area contributed by atoms with E-state index in [1.54, 1.807) is 14.2 Å². The van der Waals surface area contributed by atoms with Crippen molar-refractivity contribution in [3.05, 3.63) is 54.2 Å². The number of nitrogens with one attached hydrogen (secondary N) is 2. The highest BCUT2D eigenvalue weighted by atomic mass is 16.5. The molecule has 2 heterocycles. The van der Waals surface area contributed by atoms with E-state index in [1.807, 2.05) is 49.5 Å². The van der Waals surface area contributed by atoms with Crippen LogP contribution in [0.5, 0.6) is 11.5 Å². The average molecular weight is 394 g/mol. The van der Waals surface area contributed by atoms with Crippen molar-refractivity contribution in [1.29, 1.82) is 0 Å². The summed E-state index contributed by atoms with van der Waals surface area (Å²) in [5, 5.41) is 0.924. The van der Waals surface area contributed by atoms with E-state index in [1.165, 1.54) is 4.90 Å². The predicted octanol–water partition coefficient (Wildman–Crippen LogP) is 2.16. The number of benzene rings is 2. The number of aromatic amines is 1. The standard InChI is InChI=1S/C23H27N3O3/c1-16(23(27)19-15-24-20-9-8-17(28-2)14-18(19)20)25-10-12-26(13-11-25)21-6-4-5-7-22(21)29-3/h4-9,14-16,24H,10-13H2,1-3H3/p+1/t16-/m0/s1. The van der Waals surface area contributed by atoms with Crippen LogP contribution in [0.15, 0.2) is 48.7 Å². The van der Waals surface area contributed by atoms with Gasteiger partial charge >= 0.3 is 0 Å². The molecule has 1 fully saturated rings. The minimum Gasteiger partial charge on any atom is -0.497 e. The van der Waals surface area contributed by atoms with Gasteiger partial charge in [0, 0.05) is 22.7 Å². The van der Waals surface area contributed by atoms with Gasteiger partial charge in [-0.05, 0) is 37.3 Å². The Morgan fingerprint density at radius 2 is 1.86 bits per heavy atom. The van der Waals surface area contributed by atoms with Crippen molar-refractivity contribution >= 4 is 22.4 Å². The van der Waals surface area contributed by atoms with Crippen molar-refractivity contribution in [3.63, 3.8) is 0 Å². The maximum absolute atomic E-state index is 13.3. The molecule has 0 saturated carbocycles. The van der Waals surface area contributed by atoms with Gasteiger partial charge < -0.3 is 24.3 Å². The van der Waals surface area contributed by atoms with Crippen LogP contribution in [0.4, 0.5) is 5.69 Å². The molecule has 1 aromatic heterocycles. The predicted molar refractivity (Wildman–Crippen MR) is 115 cm³/mol. The first kappa shape index (κ1) is 19.3. The number of anilines is 1. The minimum absolute atomic E-state index is 0.0972. The first-order valence-electron chi connectivity index (χ1n) is 10.0. The monoisotopic (exact) mass is 394 g/mol. The van der Waals surface area contributed by atoms with E-state index in [2.05, 4.69) is 16.0 Å². The zero-order valence-corrected chi connectivity index (χ0v) is 17.2. The normalized spacial score (nSPS) is 16.0. The fourth-order valence-corrected chi connectivity index (χ4v) is 4.21. The molecule has 6 nitrogen and oxygen atoms in total. The van der Waals surface area contributed by atoms with E-state index in [9.17, 15) is 4.79 Å². The lowest BCUT2D eigenvalue weighted by atomic mass is 10.0. The number of methoxy groups -OCH3 is 2. The lowest BCUT2D eigenvalue weighted by molar-refractivity contribution is -0.914. The number of piperazine rings is 1. The molecule has 3 aromatic rings. The van der Waals surface area contributed by atoms with Crippen LogP contribution in [-0.4, -0.2) is 57.2 Å². The molecule has 152 valence electrons. The molecular formula is C23H28N3O3+. The molecule has 0 unspecified atom stereocenters. The Balaban J connectivity index is 1.47. The van der Waals surface area contributed by atoms with Crippen LogP contribution in [0.1, 0.15) is 17.3 Å². The number of carbonyl (C=O) groups excluding carboxylic acids is 1. The van der Waals surface area contributed by atoms with E-state index in [4.69, 9.17) is 9.47 Å². The number of fused-ring (bicyclic) bond motifs is 1. The summed E-state index contributed by atoms with van der Waals surface area (Å²) in [6, 6.07) is 13.8. The SMILES string of the molecule is COc1ccc2[nH]cc(C(=O)[C@H](C)[NH+]3CCN(c4ccccc4OC)CC3)c2c1. The lowest BCUT2D eigenvalue weighted by Crippen LogP contribution is -3.18. The Morgan fingerprint density at radius 3 is 2.59 bits per heavy atom. The second-order valence-electron chi connectivity index (χ2n) is 7.52. The number of H-pyrrole nitrogens is 1. The van der Waals surface area contributed by atoms with E-state index in [0.717, 1.165) is 59.8 Å². The van der Waals surface area contributed by atoms with Crippen LogP contribution >= 0.6 is 0 Å². The molecule has 2 N–H and O–H groups in total. The first-order valence-corrected chi connectivity index (χ1v) is 10.0. The number of hydrogen-bond acceptors (Lipinski definition) is 4. The van der Waals surface area contributed by atoms with Gasteiger partial charge in [0.05, 0.1) is 46.1 Å². The Morgan fingerprint density at radius 1 is 1.10 bits per heavy atom. The number of ketones is 1. The fraction of sp³-hybridized carbons (Fsp3) is 0.348. The van der Waals surface area contributed by atoms with Crippen LogP contribution in [0.3, 0.4) is 0 Å². The largest absolute Gasteiger partial charge is 0.497 e. The van der Waals surface area contributed by atoms with Gasteiger partial charge in [0.25, 0.3) is 0 Å². The highest BCUT2D eigenvalue weighted by molar-refractivity contribution is 6.09. The molecule has 0 bridgehead atoms. The third kappa shape index (κ3) is 3.68. The van der Waals surface area contributed by atoms with Crippen LogP contribution in [-0.2, 0) is 0 Å². The third-order valence-electron chi connectivity index (χ3n) is 5.99. The highest BCUT2D eigenvalue weighted by Crippen LogP contribution is 2.27. The van der Waals surface area contributed by atoms with Crippen LogP contribution < -0.4 is 19.3 Å². The number of Topliss-reactive ketones (excluding diaryl/α,β-unsaturated/α-hetero) is 1. The second kappa shape index (κ2) is 8.17. The molecule has 1 saturated heterocycles. The van der Waals surface area contributed by atoms with Gasteiger partial charge in [0.15, 0.2) is 0 Å². The molecule has 1 atom stereocenters. The molecule has 1 aliphatic rings. The van der Waals surface area contributed by atoms with Crippen LogP contribution in [0.25, 0.3) is 10.9 Å². The van der Waals surface area contributed by atoms with Crippen molar-refractivity contribution in [2.45, 2.75) is 13.0 Å². The number of nitrogens with zero attached hydrogens (tertiary/aromatic N) is 1. The molecule has 4 rings (SSSR count). The maximum Gasteiger partial charge on any atom is 0.221 e. The van der Waals surface area contributed by atoms with Gasteiger partial charge in [-0.3, -0.25) is 4.79 Å². The van der Waals surface area contributed by atoms with Crippen molar-refractivity contribution < 1.29 is 19.2 Å². The van der Waals surface area contributed by atoms with E-state index in [-0.39, 0.29) is 11.8 Å². The average Bonchev–Trinajstić information content (AvgIpc) is 3.21. The van der Waals surface area contributed by atoms with Gasteiger partial charge in [-0.25, -0.2) is 0 Å². The quantitative estimate of drug-likeness (QED) is 0.629. The van der Waals surface area contributed by atoms with Gasteiger partial charge in [-0.2, -0.15) is 0 Å². The smallest absolute Gasteiger partial charge is 0.221 e. The van der Waals surface area contributed by atoms with Gasteiger partial charge in [-0.1, -0.05) is 12.1 Å². The number of ether oxygens (including phenoxy) is 2. The number of para-hydroxylation sites is 2. The molecule has 1 aliphatic heterocycles. The van der Waals surface area contributed by atoms with Crippen LogP contribution in [0.2, 0.25) is 0 Å². The number of hydrogen-bond donors (Lipinski definition) is 2. The van der Waals surface area contributed by atoms with Gasteiger partial charge in [0.2, 0.25) is 5.78 Å². The number of carbonyl (C=O) groups is 1. The van der Waals surface area contributed by atoms with E-state index in [0.29, 0.717) is 0 Å². The molecule has 29 heavy (non-hydrogen) atoms. The van der Waals surface area contributed by atoms with Crippen molar-refractivity contribution in [2.75, 3.05) is 45.3 Å². The summed E-state index contributed by atoms with van der Waals surface area (Å²) >= 11 is 0. The van der Waals surface area contributed by atoms with E-state index >= 15 is 0 Å². The van der Waals surface area contributed by atoms with Crippen molar-refractivity contribution in [1.82, 2.24) is 4.98 Å². The second-order valence-corrected chi connectivity index (χ2v) is 7.52. The Kier molecular flexibility index (Phi) is 5.45. The molecule has 0 amide bonds. The Hall–Kier alpha value is -2.99. The van der Waals surface area contributed by atoms with Crippen LogP contribution in [0, 0.1) is 0 Å². The lowest BCUT2D eigenvalue weighted by Gasteiger charge is -2.36. The molecule has 6 heteroatoms. The Bertz CT molecular complexity index is 1010. The molecule has 2 aromatic carbocycles. The zero-order valence-electron chi connectivity index (χ0n) is 17.2. The summed E-state index contributed by atoms with van der Waals surface area (Å²) in [6.45, 7) is 5.66. The number of quaternary nitrogens is 1. The summed E-state index contributed by atoms with van der Waals surface area (Å²) in [5.41, 5.74) is 2.82. The summed E-state index contributed by atoms with van der Waals surface area (Å²) in [6.07, 6.45) is 1.83. The molecule has 0 radical (unpaired) electrons. The highest BCUT2D eigenvalue weighted by Gasteiger charge is 2.31. The minimum atomic E-state index is -0.0972. The summed E-state index contributed by atoms with van der Waals surface area (Å²) < 4.78 is 10.8. The van der Waals surface area contributed by atoms with Crippen molar-refractivity contribution in [3.8, 4) is 11.5 Å².